The lowest BCUT2D eigenvalue weighted by atomic mass is 10.3. The molecule has 0 spiro atoms. The Balaban J connectivity index is 2.20. The first-order valence-electron chi connectivity index (χ1n) is 4.94. The highest BCUT2D eigenvalue weighted by Crippen LogP contribution is 2.30. The van der Waals surface area contributed by atoms with Crippen molar-refractivity contribution >= 4 is 17.3 Å². The van der Waals surface area contributed by atoms with Crippen LogP contribution < -0.4 is 10.5 Å². The molecule has 2 N–H and O–H groups in total. The van der Waals surface area contributed by atoms with Gasteiger partial charge in [0, 0.05) is 12.2 Å². The van der Waals surface area contributed by atoms with Crippen LogP contribution in [0.1, 0.15) is 6.92 Å². The summed E-state index contributed by atoms with van der Waals surface area (Å²) in [5, 5.41) is 4.59. The molecule has 1 heterocycles. The van der Waals surface area contributed by atoms with Gasteiger partial charge in [0.2, 0.25) is 0 Å². The second-order valence-corrected chi connectivity index (χ2v) is 3.73. The molecule has 0 amide bonds. The second kappa shape index (κ2) is 4.45. The Kier molecular flexibility index (Phi) is 3.01. The summed E-state index contributed by atoms with van der Waals surface area (Å²) in [7, 11) is 0. The van der Waals surface area contributed by atoms with Crippen LogP contribution in [0.25, 0.3) is 0 Å². The number of hydrogen-bond acceptors (Lipinski definition) is 3. The lowest BCUT2D eigenvalue weighted by Gasteiger charge is -2.05. The molecular weight excluding hydrogens is 226 g/mol. The van der Waals surface area contributed by atoms with Crippen LogP contribution in [-0.4, -0.2) is 9.78 Å². The Labute approximate surface area is 98.6 Å². The number of ether oxygens (including phenoxy) is 1. The molecule has 0 saturated carbocycles. The molecule has 0 aliphatic rings. The predicted octanol–water partition coefficient (Wildman–Crippen LogP) is 2.93. The summed E-state index contributed by atoms with van der Waals surface area (Å²) in [5.41, 5.74) is 6.20. The zero-order valence-electron chi connectivity index (χ0n) is 8.85. The van der Waals surface area contributed by atoms with Gasteiger partial charge in [-0.05, 0) is 25.1 Å². The zero-order valence-corrected chi connectivity index (χ0v) is 9.61. The number of benzene rings is 1. The summed E-state index contributed by atoms with van der Waals surface area (Å²) in [5.74, 6) is 1.24. The van der Waals surface area contributed by atoms with Gasteiger partial charge in [-0.2, -0.15) is 5.10 Å². The van der Waals surface area contributed by atoms with Gasteiger partial charge in [0.25, 0.3) is 0 Å². The molecule has 0 fully saturated rings. The second-order valence-electron chi connectivity index (χ2n) is 3.32. The minimum Gasteiger partial charge on any atom is -0.452 e. The number of anilines is 1. The van der Waals surface area contributed by atoms with Crippen molar-refractivity contribution in [2.24, 2.45) is 0 Å². The summed E-state index contributed by atoms with van der Waals surface area (Å²) in [4.78, 5) is 0. The Hall–Kier alpha value is -1.68. The fourth-order valence-corrected chi connectivity index (χ4v) is 1.52. The SMILES string of the molecule is CCn1cc(Oc2ccc(N)cc2Cl)cn1. The first-order valence-corrected chi connectivity index (χ1v) is 5.32. The summed E-state index contributed by atoms with van der Waals surface area (Å²) >= 11 is 5.99. The maximum Gasteiger partial charge on any atom is 0.165 e. The fraction of sp³-hybridized carbons (Fsp3) is 0.182. The normalized spacial score (nSPS) is 10.4. The van der Waals surface area contributed by atoms with Crippen LogP contribution in [-0.2, 0) is 6.54 Å². The van der Waals surface area contributed by atoms with E-state index in [2.05, 4.69) is 5.10 Å². The molecular formula is C11H12ClN3O. The van der Waals surface area contributed by atoms with E-state index in [-0.39, 0.29) is 0 Å². The van der Waals surface area contributed by atoms with Crippen molar-refractivity contribution in [2.45, 2.75) is 13.5 Å². The lowest BCUT2D eigenvalue weighted by Crippen LogP contribution is -1.92. The van der Waals surface area contributed by atoms with Gasteiger partial charge in [-0.3, -0.25) is 4.68 Å². The van der Waals surface area contributed by atoms with E-state index < -0.39 is 0 Å². The first-order chi connectivity index (χ1) is 7.69. The average molecular weight is 238 g/mol. The van der Waals surface area contributed by atoms with Gasteiger partial charge in [-0.25, -0.2) is 0 Å². The minimum atomic E-state index is 0.490. The molecule has 0 bridgehead atoms. The van der Waals surface area contributed by atoms with Crippen LogP contribution in [0.4, 0.5) is 5.69 Å². The van der Waals surface area contributed by atoms with Crippen LogP contribution in [0, 0.1) is 0 Å². The number of rotatable bonds is 3. The van der Waals surface area contributed by atoms with Gasteiger partial charge in [0.05, 0.1) is 17.4 Å². The quantitative estimate of drug-likeness (QED) is 0.835. The molecule has 0 aliphatic heterocycles. The maximum atomic E-state index is 5.99. The molecule has 0 radical (unpaired) electrons. The van der Waals surface area contributed by atoms with E-state index in [1.807, 2.05) is 13.1 Å². The topological polar surface area (TPSA) is 53.1 Å². The summed E-state index contributed by atoms with van der Waals surface area (Å²) in [6.45, 7) is 2.81. The largest absolute Gasteiger partial charge is 0.452 e. The number of nitrogens with two attached hydrogens (primary N) is 1. The molecule has 1 aromatic carbocycles. The van der Waals surface area contributed by atoms with Gasteiger partial charge < -0.3 is 10.5 Å². The molecule has 1 aromatic heterocycles. The monoisotopic (exact) mass is 237 g/mol. The van der Waals surface area contributed by atoms with E-state index in [1.54, 1.807) is 29.1 Å². The van der Waals surface area contributed by atoms with Gasteiger partial charge in [-0.1, -0.05) is 11.6 Å². The standard InChI is InChI=1S/C11H12ClN3O/c1-2-15-7-9(6-14-15)16-11-4-3-8(13)5-10(11)12/h3-7H,2,13H2,1H3. The van der Waals surface area contributed by atoms with E-state index in [1.165, 1.54) is 0 Å². The first kappa shape index (κ1) is 10.8. The summed E-state index contributed by atoms with van der Waals surface area (Å²) < 4.78 is 7.35. The lowest BCUT2D eigenvalue weighted by molar-refractivity contribution is 0.481. The number of halogens is 1. The number of aryl methyl sites for hydroxylation is 1. The molecule has 0 saturated heterocycles. The van der Waals surface area contributed by atoms with Crippen LogP contribution in [0.2, 0.25) is 5.02 Å². The number of nitrogens with zero attached hydrogens (tertiary/aromatic N) is 2. The third-order valence-electron chi connectivity index (χ3n) is 2.12. The van der Waals surface area contributed by atoms with Gasteiger partial charge in [-0.15, -0.1) is 0 Å². The molecule has 5 heteroatoms. The van der Waals surface area contributed by atoms with Crippen molar-refractivity contribution in [2.75, 3.05) is 5.73 Å². The predicted molar refractivity (Wildman–Crippen MR) is 63.8 cm³/mol. The highest BCUT2D eigenvalue weighted by molar-refractivity contribution is 6.32. The number of aromatic nitrogens is 2. The maximum absolute atomic E-state index is 5.99. The molecule has 16 heavy (non-hydrogen) atoms. The zero-order chi connectivity index (χ0) is 11.5. The molecule has 84 valence electrons. The molecule has 2 rings (SSSR count). The van der Waals surface area contributed by atoms with Crippen LogP contribution in [0.3, 0.4) is 0 Å². The van der Waals surface area contributed by atoms with Crippen molar-refractivity contribution in [3.05, 3.63) is 35.6 Å². The van der Waals surface area contributed by atoms with Crippen molar-refractivity contribution < 1.29 is 4.74 Å². The van der Waals surface area contributed by atoms with Gasteiger partial charge in [0.1, 0.15) is 5.75 Å². The third-order valence-corrected chi connectivity index (χ3v) is 2.41. The Morgan fingerprint density at radius 3 is 2.94 bits per heavy atom. The van der Waals surface area contributed by atoms with Crippen LogP contribution >= 0.6 is 11.6 Å². The van der Waals surface area contributed by atoms with E-state index >= 15 is 0 Å². The Bertz CT molecular complexity index is 496. The molecule has 4 nitrogen and oxygen atoms in total. The molecule has 2 aromatic rings. The number of hydrogen-bond donors (Lipinski definition) is 1. The van der Waals surface area contributed by atoms with E-state index in [0.29, 0.717) is 22.2 Å². The fourth-order valence-electron chi connectivity index (χ4n) is 1.30. The van der Waals surface area contributed by atoms with Gasteiger partial charge >= 0.3 is 0 Å². The Morgan fingerprint density at radius 1 is 1.50 bits per heavy atom. The van der Waals surface area contributed by atoms with E-state index in [0.717, 1.165) is 6.54 Å². The van der Waals surface area contributed by atoms with Crippen molar-refractivity contribution in [1.29, 1.82) is 0 Å². The smallest absolute Gasteiger partial charge is 0.165 e. The Morgan fingerprint density at radius 2 is 2.31 bits per heavy atom. The number of nitrogen functional groups attached to an aromatic ring is 1. The third kappa shape index (κ3) is 2.28. The highest BCUT2D eigenvalue weighted by Gasteiger charge is 2.05. The summed E-state index contributed by atoms with van der Waals surface area (Å²) in [6.07, 6.45) is 3.46. The van der Waals surface area contributed by atoms with Crippen molar-refractivity contribution in [3.8, 4) is 11.5 Å². The molecule has 0 unspecified atom stereocenters. The highest BCUT2D eigenvalue weighted by atomic mass is 35.5. The molecule has 0 aliphatic carbocycles. The van der Waals surface area contributed by atoms with Gasteiger partial charge in [0.15, 0.2) is 5.75 Å². The van der Waals surface area contributed by atoms with Crippen molar-refractivity contribution in [1.82, 2.24) is 9.78 Å². The molecule has 0 atom stereocenters. The van der Waals surface area contributed by atoms with Crippen LogP contribution in [0.5, 0.6) is 11.5 Å². The van der Waals surface area contributed by atoms with E-state index in [9.17, 15) is 0 Å². The van der Waals surface area contributed by atoms with E-state index in [4.69, 9.17) is 22.1 Å². The summed E-state index contributed by atoms with van der Waals surface area (Å²) in [6, 6.07) is 5.13. The van der Waals surface area contributed by atoms with Crippen molar-refractivity contribution in [3.63, 3.8) is 0 Å². The minimum absolute atomic E-state index is 0.490. The van der Waals surface area contributed by atoms with Crippen LogP contribution in [0.15, 0.2) is 30.6 Å². The average Bonchev–Trinajstić information content (AvgIpc) is 2.70.